The molecule has 0 aliphatic rings. The molecule has 3 nitrogen and oxygen atoms in total. The van der Waals surface area contributed by atoms with Crippen molar-refractivity contribution in [3.63, 3.8) is 0 Å². The zero-order chi connectivity index (χ0) is 13.6. The lowest BCUT2D eigenvalue weighted by molar-refractivity contribution is 0.175. The Kier molecular flexibility index (Phi) is 5.56. The van der Waals surface area contributed by atoms with Crippen LogP contribution in [0.3, 0.4) is 0 Å². The smallest absolute Gasteiger partial charge is 0.146 e. The minimum Gasteiger partial charge on any atom is -0.394 e. The molecular weight excluding hydrogens is 231 g/mol. The van der Waals surface area contributed by atoms with Gasteiger partial charge in [-0.15, -0.1) is 0 Å². The molecule has 0 aliphatic carbocycles. The Morgan fingerprint density at radius 1 is 1.39 bits per heavy atom. The van der Waals surface area contributed by atoms with E-state index in [-0.39, 0.29) is 18.0 Å². The van der Waals surface area contributed by atoms with Gasteiger partial charge in [-0.1, -0.05) is 12.1 Å². The molecule has 0 aliphatic heterocycles. The maximum absolute atomic E-state index is 13.7. The number of para-hydroxylation sites is 1. The van der Waals surface area contributed by atoms with E-state index in [0.29, 0.717) is 12.2 Å². The van der Waals surface area contributed by atoms with Crippen LogP contribution in [0.5, 0.6) is 0 Å². The third-order valence-corrected chi connectivity index (χ3v) is 3.46. The van der Waals surface area contributed by atoms with Gasteiger partial charge in [0.25, 0.3) is 0 Å². The largest absolute Gasteiger partial charge is 0.394 e. The summed E-state index contributed by atoms with van der Waals surface area (Å²) in [7, 11) is 1.83. The quantitative estimate of drug-likeness (QED) is 0.781. The highest BCUT2D eigenvalue weighted by molar-refractivity contribution is 5.47. The maximum Gasteiger partial charge on any atom is 0.146 e. The summed E-state index contributed by atoms with van der Waals surface area (Å²) < 4.78 is 13.7. The number of benzene rings is 1. The van der Waals surface area contributed by atoms with Crippen molar-refractivity contribution in [3.8, 4) is 0 Å². The van der Waals surface area contributed by atoms with Crippen molar-refractivity contribution < 1.29 is 9.50 Å². The van der Waals surface area contributed by atoms with Gasteiger partial charge in [-0.2, -0.15) is 0 Å². The minimum atomic E-state index is -0.321. The molecule has 1 atom stereocenters. The molecule has 102 valence electrons. The number of nitrogens with zero attached hydrogens (tertiary/aromatic N) is 1. The Morgan fingerprint density at radius 3 is 2.56 bits per heavy atom. The highest BCUT2D eigenvalue weighted by Gasteiger charge is 2.22. The number of rotatable bonds is 7. The second kappa shape index (κ2) is 6.71. The third-order valence-electron chi connectivity index (χ3n) is 3.46. The van der Waals surface area contributed by atoms with E-state index < -0.39 is 0 Å². The summed E-state index contributed by atoms with van der Waals surface area (Å²) in [5, 5.41) is 12.4. The number of aliphatic hydroxyl groups is 1. The van der Waals surface area contributed by atoms with Crippen molar-refractivity contribution in [1.29, 1.82) is 0 Å². The van der Waals surface area contributed by atoms with Crippen LogP contribution in [0, 0.1) is 5.82 Å². The summed E-state index contributed by atoms with van der Waals surface area (Å²) in [6.07, 6.45) is 0.752. The average molecular weight is 254 g/mol. The molecular formula is C14H23FN2O. The lowest BCUT2D eigenvalue weighted by Crippen LogP contribution is -2.46. The van der Waals surface area contributed by atoms with Gasteiger partial charge in [0, 0.05) is 18.6 Å². The van der Waals surface area contributed by atoms with Gasteiger partial charge in [0.1, 0.15) is 5.82 Å². The number of halogens is 1. The van der Waals surface area contributed by atoms with Gasteiger partial charge in [0.05, 0.1) is 12.3 Å². The van der Waals surface area contributed by atoms with Gasteiger partial charge in [-0.05, 0) is 39.4 Å². The standard InChI is InChI=1S/C14H23FN2O/c1-4-17(10-9-14(2,11-18)16-3)13-8-6-5-7-12(13)15/h5-8,16,18H,4,9-11H2,1-3H3. The van der Waals surface area contributed by atoms with Crippen LogP contribution in [0.15, 0.2) is 24.3 Å². The molecule has 0 amide bonds. The van der Waals surface area contributed by atoms with E-state index in [1.54, 1.807) is 12.1 Å². The normalized spacial score (nSPS) is 14.3. The van der Waals surface area contributed by atoms with Crippen LogP contribution in [0.2, 0.25) is 0 Å². The molecule has 4 heteroatoms. The fourth-order valence-electron chi connectivity index (χ4n) is 1.82. The second-order valence-corrected chi connectivity index (χ2v) is 4.75. The van der Waals surface area contributed by atoms with Gasteiger partial charge in [-0.3, -0.25) is 0 Å². The predicted octanol–water partition coefficient (Wildman–Crippen LogP) is 2.01. The number of hydrogen-bond acceptors (Lipinski definition) is 3. The fourth-order valence-corrected chi connectivity index (χ4v) is 1.82. The molecule has 0 fully saturated rings. The van der Waals surface area contributed by atoms with Crippen LogP contribution in [0.4, 0.5) is 10.1 Å². The van der Waals surface area contributed by atoms with E-state index in [0.717, 1.165) is 13.0 Å². The molecule has 2 N–H and O–H groups in total. The number of nitrogens with one attached hydrogen (secondary N) is 1. The summed E-state index contributed by atoms with van der Waals surface area (Å²) in [5.74, 6) is -0.200. The molecule has 0 radical (unpaired) electrons. The van der Waals surface area contributed by atoms with Crippen molar-refractivity contribution in [3.05, 3.63) is 30.1 Å². The van der Waals surface area contributed by atoms with Crippen LogP contribution in [-0.4, -0.2) is 37.4 Å². The number of hydrogen-bond donors (Lipinski definition) is 2. The van der Waals surface area contributed by atoms with Crippen molar-refractivity contribution in [1.82, 2.24) is 5.32 Å². The summed E-state index contributed by atoms with van der Waals surface area (Å²) in [4.78, 5) is 1.99. The van der Waals surface area contributed by atoms with Crippen LogP contribution in [0.25, 0.3) is 0 Å². The van der Waals surface area contributed by atoms with Crippen molar-refractivity contribution in [2.24, 2.45) is 0 Å². The SMILES string of the molecule is CCN(CCC(C)(CO)NC)c1ccccc1F. The van der Waals surface area contributed by atoms with Crippen LogP contribution in [-0.2, 0) is 0 Å². The predicted molar refractivity (Wildman–Crippen MR) is 73.5 cm³/mol. The van der Waals surface area contributed by atoms with Gasteiger partial charge in [0.2, 0.25) is 0 Å². The number of aliphatic hydroxyl groups excluding tert-OH is 1. The maximum atomic E-state index is 13.7. The second-order valence-electron chi connectivity index (χ2n) is 4.75. The van der Waals surface area contributed by atoms with Crippen molar-refractivity contribution in [2.75, 3.05) is 31.6 Å². The third kappa shape index (κ3) is 3.68. The first-order valence-electron chi connectivity index (χ1n) is 6.35. The van der Waals surface area contributed by atoms with E-state index in [4.69, 9.17) is 0 Å². The van der Waals surface area contributed by atoms with E-state index >= 15 is 0 Å². The monoisotopic (exact) mass is 254 g/mol. The van der Waals surface area contributed by atoms with Gasteiger partial charge in [0.15, 0.2) is 0 Å². The molecule has 0 saturated carbocycles. The highest BCUT2D eigenvalue weighted by Crippen LogP contribution is 2.20. The molecule has 1 rings (SSSR count). The Balaban J connectivity index is 2.72. The minimum absolute atomic E-state index is 0.0678. The van der Waals surface area contributed by atoms with E-state index in [1.807, 2.05) is 31.9 Å². The molecule has 0 saturated heterocycles. The van der Waals surface area contributed by atoms with Crippen molar-refractivity contribution >= 4 is 5.69 Å². The highest BCUT2D eigenvalue weighted by atomic mass is 19.1. The van der Waals surface area contributed by atoms with Crippen LogP contribution >= 0.6 is 0 Å². The first-order chi connectivity index (χ1) is 8.56. The lowest BCUT2D eigenvalue weighted by Gasteiger charge is -2.31. The average Bonchev–Trinajstić information content (AvgIpc) is 2.41. The van der Waals surface area contributed by atoms with E-state index in [9.17, 15) is 9.50 Å². The molecule has 18 heavy (non-hydrogen) atoms. The van der Waals surface area contributed by atoms with Crippen LogP contribution in [0.1, 0.15) is 20.3 Å². The number of anilines is 1. The zero-order valence-corrected chi connectivity index (χ0v) is 11.4. The molecule has 1 aromatic carbocycles. The Labute approximate surface area is 109 Å². The zero-order valence-electron chi connectivity index (χ0n) is 11.4. The first kappa shape index (κ1) is 14.9. The van der Waals surface area contributed by atoms with Crippen molar-refractivity contribution in [2.45, 2.75) is 25.8 Å². The Morgan fingerprint density at radius 2 is 2.06 bits per heavy atom. The number of likely N-dealkylation sites (N-methyl/N-ethyl adjacent to an activating group) is 1. The molecule has 0 heterocycles. The molecule has 0 spiro atoms. The molecule has 1 aromatic rings. The summed E-state index contributed by atoms with van der Waals surface area (Å²) in [5.41, 5.74) is 0.301. The summed E-state index contributed by atoms with van der Waals surface area (Å²) >= 11 is 0. The van der Waals surface area contributed by atoms with E-state index in [1.165, 1.54) is 6.07 Å². The van der Waals surface area contributed by atoms with E-state index in [2.05, 4.69) is 5.32 Å². The molecule has 1 unspecified atom stereocenters. The Hall–Kier alpha value is -1.13. The summed E-state index contributed by atoms with van der Waals surface area (Å²) in [6, 6.07) is 6.79. The molecule has 0 bridgehead atoms. The fraction of sp³-hybridized carbons (Fsp3) is 0.571. The van der Waals surface area contributed by atoms with Crippen LogP contribution < -0.4 is 10.2 Å². The van der Waals surface area contributed by atoms with Gasteiger partial charge < -0.3 is 15.3 Å². The van der Waals surface area contributed by atoms with Gasteiger partial charge in [-0.25, -0.2) is 4.39 Å². The lowest BCUT2D eigenvalue weighted by atomic mass is 9.99. The summed E-state index contributed by atoms with van der Waals surface area (Å²) in [6.45, 7) is 5.48. The first-order valence-corrected chi connectivity index (χ1v) is 6.35. The van der Waals surface area contributed by atoms with Gasteiger partial charge >= 0.3 is 0 Å². The Bertz CT molecular complexity index is 367. The molecule has 0 aromatic heterocycles. The topological polar surface area (TPSA) is 35.5 Å².